The molecule has 1 saturated heterocycles. The Hall–Kier alpha value is -7.49. The van der Waals surface area contributed by atoms with Gasteiger partial charge in [0.1, 0.15) is 53.8 Å². The Labute approximate surface area is 487 Å². The molecule has 4 aromatic rings. The van der Waals surface area contributed by atoms with Crippen LogP contribution in [0.5, 0.6) is 11.5 Å². The number of pyridine rings is 1. The number of unbranched alkanes of at least 4 members (excludes halogenated alkanes) is 2. The fourth-order valence-corrected chi connectivity index (χ4v) is 10.8. The number of phenols is 2. The van der Waals surface area contributed by atoms with E-state index >= 15 is 0 Å². The number of phenolic OH excluding ortho intramolecular Hbond substituents is 2. The molecular weight excluding hydrogens is 1120 g/mol. The van der Waals surface area contributed by atoms with Gasteiger partial charge in [-0.1, -0.05) is 69.6 Å². The largest absolute Gasteiger partial charge is 0.508 e. The highest BCUT2D eigenvalue weighted by atomic mass is 35.5. The smallest absolute Gasteiger partial charge is 0.252 e. The second kappa shape index (κ2) is 33.4. The second-order valence-corrected chi connectivity index (χ2v) is 22.5. The van der Waals surface area contributed by atoms with Gasteiger partial charge >= 0.3 is 0 Å². The lowest BCUT2D eigenvalue weighted by atomic mass is 10.0. The van der Waals surface area contributed by atoms with Crippen LogP contribution in [0.15, 0.2) is 97.3 Å². The Kier molecular flexibility index (Phi) is 26.6. The van der Waals surface area contributed by atoms with E-state index in [9.17, 15) is 58.5 Å². The molecule has 27 heteroatoms. The summed E-state index contributed by atoms with van der Waals surface area (Å²) in [5.74, 6) is -8.27. The molecule has 0 bridgehead atoms. The molecule has 17 N–H and O–H groups in total. The first-order chi connectivity index (χ1) is 39.2. The molecule has 9 amide bonds. The summed E-state index contributed by atoms with van der Waals surface area (Å²) in [5.41, 5.74) is 19.9. The number of hydrogen-bond donors (Lipinski definition) is 14. The van der Waals surface area contributed by atoms with E-state index in [0.717, 1.165) is 21.6 Å². The van der Waals surface area contributed by atoms with Crippen molar-refractivity contribution >= 4 is 86.4 Å². The maximum atomic E-state index is 14.7. The van der Waals surface area contributed by atoms with Crippen LogP contribution in [-0.2, 0) is 57.6 Å². The molecule has 24 nitrogen and oxygen atoms in total. The van der Waals surface area contributed by atoms with Crippen LogP contribution < -0.4 is 59.7 Å². The van der Waals surface area contributed by atoms with Crippen molar-refractivity contribution in [1.82, 2.24) is 47.5 Å². The zero-order valence-corrected chi connectivity index (χ0v) is 47.4. The molecule has 0 spiro atoms. The normalized spacial score (nSPS) is 20.7. The number of primary amides is 1. The third-order valence-electron chi connectivity index (χ3n) is 13.0. The number of aliphatic hydroxyl groups excluding tert-OH is 1. The lowest BCUT2D eigenvalue weighted by molar-refractivity contribution is -0.136. The predicted octanol–water partition coefficient (Wildman–Crippen LogP) is -0.115. The number of aliphatic hydroxyl groups is 1. The number of carbonyl (C=O) groups excluding carboxylic acids is 9. The van der Waals surface area contributed by atoms with Crippen molar-refractivity contribution in [3.05, 3.63) is 125 Å². The van der Waals surface area contributed by atoms with Crippen molar-refractivity contribution in [2.75, 3.05) is 24.6 Å². The summed E-state index contributed by atoms with van der Waals surface area (Å²) in [7, 11) is 1.92. The lowest BCUT2D eigenvalue weighted by Crippen LogP contribution is -2.62. The first kappa shape index (κ1) is 65.3. The SMILES string of the molecule is C[C@@H](O)[C@@H]1NC(=O)[C@H](CCCCN)NC(=O)[C@@H](CCCCNC(=O)c2cccnc2)NC(=O)[C@H](Cc2ccc(O)cc2)NC(=O)[C@H](NC(=O)[C@@H](N)Cc2ccc(Cl)cc2)CSSC[C@@H](C(=O)N[C@H](Cc2ccc(O)cc2)C(N)=O)NC1=O. The standard InChI is InChI=1S/C55H71ClN12O12S2/c1-31(69)46-55(80)67-45(53(78)64-42(47(59)72)26-33-12-18-37(70)19-13-33)30-82-81-29-44(66-49(74)39(58)25-32-10-16-36(56)17-11-32)54(79)65-43(27-34-14-20-38(71)21-15-34)52(77)63-40(50(75)62-41(51(76)68-46)8-2-4-22-57)9-3-5-24-61-48(73)35-7-6-23-60-28-35/h6-7,10-21,23,28,31,39-46,69-71H,2-5,8-9,22,24-27,29-30,57-58H2,1H3,(H2,59,72)(H,61,73)(H,62,75)(H,63,77)(H,64,78)(H,65,79)(H,66,74)(H,67,80)(H,68,76)/t31-,39+,40-,41+,42-,43+,44-,45+,46+/m1/s1. The molecule has 0 aliphatic carbocycles. The van der Waals surface area contributed by atoms with Crippen molar-refractivity contribution in [2.24, 2.45) is 17.2 Å². The average molecular weight is 1190 g/mol. The molecule has 0 unspecified atom stereocenters. The Bertz CT molecular complexity index is 2790. The Morgan fingerprint density at radius 1 is 0.707 bits per heavy atom. The van der Waals surface area contributed by atoms with Crippen molar-refractivity contribution in [1.29, 1.82) is 0 Å². The summed E-state index contributed by atoms with van der Waals surface area (Å²) in [6, 6.07) is 9.84. The number of rotatable bonds is 22. The van der Waals surface area contributed by atoms with E-state index in [1.807, 2.05) is 0 Å². The van der Waals surface area contributed by atoms with Crippen molar-refractivity contribution in [2.45, 2.75) is 119 Å². The number of halogens is 1. The molecule has 5 rings (SSSR count). The van der Waals surface area contributed by atoms with Crippen LogP contribution in [0.2, 0.25) is 5.02 Å². The van der Waals surface area contributed by atoms with Crippen LogP contribution in [0.3, 0.4) is 0 Å². The molecule has 82 heavy (non-hydrogen) atoms. The first-order valence-electron chi connectivity index (χ1n) is 26.5. The topological polar surface area (TPSA) is 402 Å². The molecule has 0 radical (unpaired) electrons. The number of nitrogens with two attached hydrogens (primary N) is 3. The maximum Gasteiger partial charge on any atom is 0.252 e. The minimum Gasteiger partial charge on any atom is -0.508 e. The Morgan fingerprint density at radius 3 is 1.87 bits per heavy atom. The van der Waals surface area contributed by atoms with E-state index in [1.54, 1.807) is 36.4 Å². The monoisotopic (exact) mass is 1190 g/mol. The third kappa shape index (κ3) is 21.8. The van der Waals surface area contributed by atoms with Crippen LogP contribution in [0.25, 0.3) is 0 Å². The van der Waals surface area contributed by atoms with Gasteiger partial charge in [0.2, 0.25) is 47.3 Å². The predicted molar refractivity (Wildman–Crippen MR) is 309 cm³/mol. The van der Waals surface area contributed by atoms with E-state index in [0.29, 0.717) is 46.5 Å². The van der Waals surface area contributed by atoms with Gasteiger partial charge < -0.3 is 75.1 Å². The number of benzene rings is 3. The highest BCUT2D eigenvalue weighted by molar-refractivity contribution is 8.76. The summed E-state index contributed by atoms with van der Waals surface area (Å²) in [5, 5.41) is 52.6. The summed E-state index contributed by atoms with van der Waals surface area (Å²) in [6.45, 7) is 1.59. The molecule has 1 aliphatic rings. The summed E-state index contributed by atoms with van der Waals surface area (Å²) in [4.78, 5) is 130. The zero-order valence-electron chi connectivity index (χ0n) is 45.0. The number of aromatic hydroxyl groups is 2. The van der Waals surface area contributed by atoms with Crippen molar-refractivity contribution < 1.29 is 58.5 Å². The van der Waals surface area contributed by atoms with E-state index in [2.05, 4.69) is 47.5 Å². The maximum absolute atomic E-state index is 14.7. The summed E-state index contributed by atoms with van der Waals surface area (Å²) >= 11 is 6.08. The molecular formula is C55H71ClN12O12S2. The number of carbonyl (C=O) groups is 9. The fourth-order valence-electron chi connectivity index (χ4n) is 8.33. The van der Waals surface area contributed by atoms with Crippen LogP contribution >= 0.6 is 33.2 Å². The molecule has 1 fully saturated rings. The summed E-state index contributed by atoms with van der Waals surface area (Å²) < 4.78 is 0. The minimum absolute atomic E-state index is 0.0305. The van der Waals surface area contributed by atoms with E-state index in [-0.39, 0.29) is 74.6 Å². The minimum atomic E-state index is -1.75. The molecule has 9 atom stereocenters. The molecule has 3 aromatic carbocycles. The Balaban J connectivity index is 1.53. The lowest BCUT2D eigenvalue weighted by Gasteiger charge is -2.29. The van der Waals surface area contributed by atoms with Gasteiger partial charge in [-0.25, -0.2) is 0 Å². The van der Waals surface area contributed by atoms with Gasteiger partial charge in [0.15, 0.2) is 0 Å². The van der Waals surface area contributed by atoms with Gasteiger partial charge in [0.05, 0.1) is 17.7 Å². The molecule has 442 valence electrons. The number of aromatic nitrogens is 1. The van der Waals surface area contributed by atoms with Gasteiger partial charge in [0.25, 0.3) is 5.91 Å². The number of amides is 9. The quantitative estimate of drug-likeness (QED) is 0.0360. The third-order valence-corrected chi connectivity index (χ3v) is 15.6. The van der Waals surface area contributed by atoms with Gasteiger partial charge in [-0.15, -0.1) is 0 Å². The molecule has 2 heterocycles. The van der Waals surface area contributed by atoms with Crippen LogP contribution in [0.4, 0.5) is 0 Å². The van der Waals surface area contributed by atoms with Crippen LogP contribution in [0.1, 0.15) is 72.5 Å². The van der Waals surface area contributed by atoms with Gasteiger partial charge in [-0.3, -0.25) is 48.1 Å². The second-order valence-electron chi connectivity index (χ2n) is 19.5. The Morgan fingerprint density at radius 2 is 1.27 bits per heavy atom. The summed E-state index contributed by atoms with van der Waals surface area (Å²) in [6.07, 6.45) is 2.15. The number of nitrogens with one attached hydrogen (secondary N) is 8. The highest BCUT2D eigenvalue weighted by Crippen LogP contribution is 2.24. The van der Waals surface area contributed by atoms with Crippen molar-refractivity contribution in [3.63, 3.8) is 0 Å². The fraction of sp³-hybridized carbons (Fsp3) is 0.418. The first-order valence-corrected chi connectivity index (χ1v) is 29.4. The molecule has 1 aromatic heterocycles. The van der Waals surface area contributed by atoms with Crippen molar-refractivity contribution in [3.8, 4) is 11.5 Å². The highest BCUT2D eigenvalue weighted by Gasteiger charge is 2.36. The number of hydrogen-bond acceptors (Lipinski definition) is 17. The number of nitrogens with zero attached hydrogens (tertiary/aromatic N) is 1. The van der Waals surface area contributed by atoms with Gasteiger partial charge in [-0.05, 0) is 124 Å². The van der Waals surface area contributed by atoms with E-state index in [4.69, 9.17) is 28.8 Å². The van der Waals surface area contributed by atoms with Crippen LogP contribution in [-0.4, -0.2) is 153 Å². The van der Waals surface area contributed by atoms with Gasteiger partial charge in [0, 0.05) is 48.3 Å². The van der Waals surface area contributed by atoms with Gasteiger partial charge in [-0.2, -0.15) is 0 Å². The zero-order chi connectivity index (χ0) is 59.7. The van der Waals surface area contributed by atoms with E-state index < -0.39 is 108 Å². The molecule has 0 saturated carbocycles. The van der Waals surface area contributed by atoms with Crippen LogP contribution in [0, 0.1) is 0 Å². The van der Waals surface area contributed by atoms with E-state index in [1.165, 1.54) is 67.8 Å². The molecule has 1 aliphatic heterocycles. The average Bonchev–Trinajstić information content (AvgIpc) is 3.61.